The van der Waals surface area contributed by atoms with Gasteiger partial charge in [0.15, 0.2) is 0 Å². The first-order valence-electron chi connectivity index (χ1n) is 9.81. The number of amides is 2. The van der Waals surface area contributed by atoms with Crippen molar-refractivity contribution in [2.75, 3.05) is 18.0 Å². The molecule has 2 amide bonds. The number of fused-ring (bicyclic) bond motifs is 4. The largest absolute Gasteiger partial charge is 0.329 e. The molecule has 2 aromatic carbocycles. The maximum Gasteiger partial charge on any atom is 0.329 e. The fraction of sp³-hybridized carbons (Fsp3) is 0.435. The molecule has 3 aliphatic rings. The maximum atomic E-state index is 13.8. The van der Waals surface area contributed by atoms with Gasteiger partial charge in [0.25, 0.3) is 0 Å². The highest BCUT2D eigenvalue weighted by Gasteiger charge is 2.53. The summed E-state index contributed by atoms with van der Waals surface area (Å²) < 4.78 is 0. The Morgan fingerprint density at radius 2 is 1.59 bits per heavy atom. The van der Waals surface area contributed by atoms with Gasteiger partial charge in [0.1, 0.15) is 0 Å². The molecule has 5 rings (SSSR count). The van der Waals surface area contributed by atoms with E-state index in [9.17, 15) is 4.79 Å². The summed E-state index contributed by atoms with van der Waals surface area (Å²) in [6, 6.07) is 16.6. The van der Waals surface area contributed by atoms with Gasteiger partial charge >= 0.3 is 6.03 Å². The van der Waals surface area contributed by atoms with Gasteiger partial charge in [0.05, 0.1) is 11.4 Å². The molecular formula is C23H26N2OS. The topological polar surface area (TPSA) is 23.6 Å². The van der Waals surface area contributed by atoms with Gasteiger partial charge < -0.3 is 4.90 Å². The van der Waals surface area contributed by atoms with Crippen molar-refractivity contribution in [3.8, 4) is 0 Å². The van der Waals surface area contributed by atoms with Crippen molar-refractivity contribution < 1.29 is 4.79 Å². The molecule has 1 saturated carbocycles. The molecule has 2 bridgehead atoms. The third-order valence-corrected chi connectivity index (χ3v) is 7.76. The molecule has 0 aromatic heterocycles. The van der Waals surface area contributed by atoms with Crippen LogP contribution in [0.4, 0.5) is 16.2 Å². The second kappa shape index (κ2) is 5.78. The monoisotopic (exact) mass is 378 g/mol. The van der Waals surface area contributed by atoms with Crippen molar-refractivity contribution in [1.29, 1.82) is 0 Å². The number of carbonyl (C=O) groups excluding carboxylic acids is 1. The number of hydrogen-bond acceptors (Lipinski definition) is 2. The minimum Gasteiger partial charge on any atom is -0.323 e. The normalized spacial score (nSPS) is 27.9. The number of benzene rings is 2. The summed E-state index contributed by atoms with van der Waals surface area (Å²) in [7, 11) is 0. The number of urea groups is 1. The van der Waals surface area contributed by atoms with E-state index in [1.54, 1.807) is 11.8 Å². The first-order valence-corrected chi connectivity index (χ1v) is 10.6. The van der Waals surface area contributed by atoms with Crippen LogP contribution in [0.15, 0.2) is 58.3 Å². The molecule has 4 heteroatoms. The second-order valence-corrected chi connectivity index (χ2v) is 10.5. The zero-order chi connectivity index (χ0) is 18.8. The molecule has 2 heterocycles. The van der Waals surface area contributed by atoms with E-state index in [0.29, 0.717) is 11.3 Å². The van der Waals surface area contributed by atoms with Gasteiger partial charge in [-0.25, -0.2) is 4.79 Å². The van der Waals surface area contributed by atoms with Gasteiger partial charge in [0.2, 0.25) is 0 Å². The van der Waals surface area contributed by atoms with E-state index in [0.717, 1.165) is 34.3 Å². The zero-order valence-corrected chi connectivity index (χ0v) is 17.1. The van der Waals surface area contributed by atoms with E-state index in [1.807, 2.05) is 29.2 Å². The van der Waals surface area contributed by atoms with Crippen molar-refractivity contribution in [2.45, 2.75) is 43.4 Å². The van der Waals surface area contributed by atoms with Gasteiger partial charge in [-0.2, -0.15) is 0 Å². The van der Waals surface area contributed by atoms with Crippen molar-refractivity contribution >= 4 is 29.2 Å². The maximum absolute atomic E-state index is 13.8. The number of hydrogen-bond donors (Lipinski definition) is 0. The van der Waals surface area contributed by atoms with Crippen LogP contribution in [-0.4, -0.2) is 24.0 Å². The number of rotatable bonds is 0. The predicted molar refractivity (Wildman–Crippen MR) is 111 cm³/mol. The highest BCUT2D eigenvalue weighted by atomic mass is 32.2. The molecule has 2 aromatic rings. The molecule has 1 aliphatic carbocycles. The van der Waals surface area contributed by atoms with Crippen LogP contribution < -0.4 is 4.90 Å². The highest BCUT2D eigenvalue weighted by molar-refractivity contribution is 7.99. The zero-order valence-electron chi connectivity index (χ0n) is 16.2. The minimum absolute atomic E-state index is 0.129. The number of nitrogens with zero attached hydrogens (tertiary/aromatic N) is 2. The van der Waals surface area contributed by atoms with Gasteiger partial charge in [0, 0.05) is 22.9 Å². The Labute approximate surface area is 165 Å². The molecule has 3 nitrogen and oxygen atoms in total. The van der Waals surface area contributed by atoms with Crippen molar-refractivity contribution in [2.24, 2.45) is 16.7 Å². The Morgan fingerprint density at radius 3 is 2.19 bits per heavy atom. The predicted octanol–water partition coefficient (Wildman–Crippen LogP) is 6.17. The summed E-state index contributed by atoms with van der Waals surface area (Å²) in [4.78, 5) is 20.2. The Morgan fingerprint density at radius 1 is 1.00 bits per heavy atom. The lowest BCUT2D eigenvalue weighted by Gasteiger charge is -2.42. The highest BCUT2D eigenvalue weighted by Crippen LogP contribution is 2.56. The first kappa shape index (κ1) is 17.2. The summed E-state index contributed by atoms with van der Waals surface area (Å²) in [5.74, 6) is 0.588. The van der Waals surface area contributed by atoms with Crippen LogP contribution in [-0.2, 0) is 0 Å². The molecular weight excluding hydrogens is 352 g/mol. The van der Waals surface area contributed by atoms with Gasteiger partial charge in [-0.05, 0) is 53.9 Å². The lowest BCUT2D eigenvalue weighted by atomic mass is 9.82. The quantitative estimate of drug-likeness (QED) is 0.547. The number of carbonyl (C=O) groups is 1. The first-order chi connectivity index (χ1) is 12.9. The van der Waals surface area contributed by atoms with Crippen LogP contribution in [0, 0.1) is 16.7 Å². The van der Waals surface area contributed by atoms with Gasteiger partial charge in [-0.1, -0.05) is 56.8 Å². The standard InChI is InChI=1S/C23H26N2OS/c1-22(2)14-23(3)12-16(22)13-24(15-23)21(26)25-17-8-4-6-10-19(17)27-20-11-7-5-9-18(20)25/h4-11,16H,12-15H2,1-3H3/t16-,23+/m0/s1. The van der Waals surface area contributed by atoms with Gasteiger partial charge in [-0.3, -0.25) is 4.90 Å². The fourth-order valence-electron chi connectivity index (χ4n) is 5.61. The van der Waals surface area contributed by atoms with E-state index in [1.165, 1.54) is 12.8 Å². The average molecular weight is 379 g/mol. The van der Waals surface area contributed by atoms with Crippen molar-refractivity contribution in [1.82, 2.24) is 4.90 Å². The summed E-state index contributed by atoms with van der Waals surface area (Å²) in [5, 5.41) is 0. The Kier molecular flexibility index (Phi) is 3.68. The third-order valence-electron chi connectivity index (χ3n) is 6.63. The smallest absolute Gasteiger partial charge is 0.323 e. The Hall–Kier alpha value is -1.94. The summed E-state index contributed by atoms with van der Waals surface area (Å²) in [6.45, 7) is 8.84. The lowest BCUT2D eigenvalue weighted by Crippen LogP contribution is -2.50. The number of piperidine rings is 1. The molecule has 0 unspecified atom stereocenters. The fourth-order valence-corrected chi connectivity index (χ4v) is 6.67. The van der Waals surface area contributed by atoms with Crippen LogP contribution in [0.1, 0.15) is 33.6 Å². The number of anilines is 2. The van der Waals surface area contributed by atoms with Crippen LogP contribution in [0.5, 0.6) is 0 Å². The van der Waals surface area contributed by atoms with Gasteiger partial charge in [-0.15, -0.1) is 0 Å². The summed E-state index contributed by atoms with van der Waals surface area (Å²) in [5.41, 5.74) is 2.57. The molecule has 0 spiro atoms. The lowest BCUT2D eigenvalue weighted by molar-refractivity contribution is 0.122. The van der Waals surface area contributed by atoms with Crippen LogP contribution in [0.25, 0.3) is 0 Å². The molecule has 1 saturated heterocycles. The summed E-state index contributed by atoms with van der Waals surface area (Å²) in [6.07, 6.45) is 2.45. The molecule has 2 fully saturated rings. The third kappa shape index (κ3) is 2.68. The second-order valence-electron chi connectivity index (χ2n) is 9.41. The molecule has 0 radical (unpaired) electrons. The minimum atomic E-state index is 0.129. The van der Waals surface area contributed by atoms with E-state index in [4.69, 9.17) is 0 Å². The number of para-hydroxylation sites is 2. The van der Waals surface area contributed by atoms with E-state index < -0.39 is 0 Å². The average Bonchev–Trinajstić information content (AvgIpc) is 2.81. The Balaban J connectivity index is 1.55. The molecule has 27 heavy (non-hydrogen) atoms. The van der Waals surface area contributed by atoms with E-state index >= 15 is 0 Å². The Bertz CT molecular complexity index is 879. The van der Waals surface area contributed by atoms with Crippen LogP contribution >= 0.6 is 11.8 Å². The van der Waals surface area contributed by atoms with E-state index in [-0.39, 0.29) is 11.4 Å². The van der Waals surface area contributed by atoms with Crippen molar-refractivity contribution in [3.63, 3.8) is 0 Å². The van der Waals surface area contributed by atoms with Crippen LogP contribution in [0.2, 0.25) is 0 Å². The van der Waals surface area contributed by atoms with Crippen molar-refractivity contribution in [3.05, 3.63) is 48.5 Å². The molecule has 140 valence electrons. The molecule has 2 atom stereocenters. The molecule has 0 N–H and O–H groups in total. The SMILES string of the molecule is CC1(C)C[C@@]2(C)C[C@H]1CN(C(=O)N1c3ccccc3Sc3ccccc31)C2. The van der Waals surface area contributed by atoms with Crippen LogP contribution in [0.3, 0.4) is 0 Å². The van der Waals surface area contributed by atoms with E-state index in [2.05, 4.69) is 49.9 Å². The number of likely N-dealkylation sites (tertiary alicyclic amines) is 1. The summed E-state index contributed by atoms with van der Waals surface area (Å²) >= 11 is 1.75. The molecule has 2 aliphatic heterocycles.